The Kier molecular flexibility index (Phi) is 5.55. The largest absolute Gasteiger partial charge is 0.469 e. The Morgan fingerprint density at radius 2 is 1.81 bits per heavy atom. The van der Waals surface area contributed by atoms with Crippen molar-refractivity contribution >= 4 is 21.9 Å². The van der Waals surface area contributed by atoms with Crippen LogP contribution in [0.15, 0.2) is 12.1 Å². The summed E-state index contributed by atoms with van der Waals surface area (Å²) in [5.74, 6) is -4.60. The molecule has 0 aliphatic rings. The van der Waals surface area contributed by atoms with Crippen LogP contribution >= 0.6 is 0 Å². The molecule has 0 fully saturated rings. The number of benzene rings is 1. The van der Waals surface area contributed by atoms with Crippen LogP contribution in [0.4, 0.5) is 18.9 Å². The van der Waals surface area contributed by atoms with Gasteiger partial charge in [0.05, 0.1) is 13.5 Å². The van der Waals surface area contributed by atoms with Gasteiger partial charge in [-0.2, -0.15) is 12.7 Å². The van der Waals surface area contributed by atoms with Crippen LogP contribution in [0, 0.1) is 17.5 Å². The summed E-state index contributed by atoms with van der Waals surface area (Å²) in [5, 5.41) is 0. The number of hydrogen-bond acceptors (Lipinski definition) is 4. The lowest BCUT2D eigenvalue weighted by atomic mass is 10.3. The molecular weight excluding hydrogens is 313 g/mol. The fourth-order valence-electron chi connectivity index (χ4n) is 1.32. The first-order valence-corrected chi connectivity index (χ1v) is 7.07. The van der Waals surface area contributed by atoms with Crippen molar-refractivity contribution in [2.45, 2.75) is 6.42 Å². The van der Waals surface area contributed by atoms with Crippen molar-refractivity contribution in [1.29, 1.82) is 0 Å². The normalized spacial score (nSPS) is 11.5. The quantitative estimate of drug-likeness (QED) is 0.799. The van der Waals surface area contributed by atoms with E-state index in [4.69, 9.17) is 0 Å². The molecule has 1 N–H and O–H groups in total. The van der Waals surface area contributed by atoms with Crippen LogP contribution in [0.25, 0.3) is 0 Å². The molecule has 0 amide bonds. The molecule has 0 aliphatic heterocycles. The van der Waals surface area contributed by atoms with Gasteiger partial charge in [-0.1, -0.05) is 0 Å². The Labute approximate surface area is 119 Å². The van der Waals surface area contributed by atoms with Gasteiger partial charge in [0.2, 0.25) is 0 Å². The van der Waals surface area contributed by atoms with Crippen molar-refractivity contribution in [3.63, 3.8) is 0 Å². The highest BCUT2D eigenvalue weighted by molar-refractivity contribution is 7.90. The average Bonchev–Trinajstić information content (AvgIpc) is 2.39. The summed E-state index contributed by atoms with van der Waals surface area (Å²) in [7, 11) is -2.06. The van der Waals surface area contributed by atoms with Gasteiger partial charge in [-0.15, -0.1) is 0 Å². The Hall–Kier alpha value is -1.81. The van der Waals surface area contributed by atoms with E-state index in [1.54, 1.807) is 4.72 Å². The number of esters is 1. The smallest absolute Gasteiger partial charge is 0.306 e. The Bertz CT molecular complexity index is 613. The van der Waals surface area contributed by atoms with Crippen molar-refractivity contribution in [3.8, 4) is 0 Å². The lowest BCUT2D eigenvalue weighted by molar-refractivity contribution is -0.140. The first kappa shape index (κ1) is 17.2. The van der Waals surface area contributed by atoms with Gasteiger partial charge in [0.25, 0.3) is 0 Å². The first-order chi connectivity index (χ1) is 9.67. The summed E-state index contributed by atoms with van der Waals surface area (Å²) in [5.41, 5.74) is -0.999. The SMILES string of the molecule is COC(=O)CCN(C)S(=O)(=O)Nc1c(F)cc(F)cc1F. The Balaban J connectivity index is 2.88. The van der Waals surface area contributed by atoms with Crippen LogP contribution in [-0.2, 0) is 19.7 Å². The van der Waals surface area contributed by atoms with Crippen molar-refractivity contribution in [3.05, 3.63) is 29.6 Å². The number of hydrogen-bond donors (Lipinski definition) is 1. The molecule has 0 aromatic heterocycles. The lowest BCUT2D eigenvalue weighted by Crippen LogP contribution is -2.34. The second kappa shape index (κ2) is 6.76. The van der Waals surface area contributed by atoms with E-state index in [0.29, 0.717) is 16.4 Å². The maximum atomic E-state index is 13.4. The summed E-state index contributed by atoms with van der Waals surface area (Å²) in [6, 6.07) is 0.685. The molecule has 0 bridgehead atoms. The van der Waals surface area contributed by atoms with E-state index in [2.05, 4.69) is 4.74 Å². The molecule has 21 heavy (non-hydrogen) atoms. The first-order valence-electron chi connectivity index (χ1n) is 5.63. The predicted octanol–water partition coefficient (Wildman–Crippen LogP) is 1.26. The van der Waals surface area contributed by atoms with Crippen LogP contribution in [0.1, 0.15) is 6.42 Å². The molecule has 0 heterocycles. The molecule has 0 saturated heterocycles. The molecule has 118 valence electrons. The second-order valence-corrected chi connectivity index (χ2v) is 5.78. The predicted molar refractivity (Wildman–Crippen MR) is 68.1 cm³/mol. The topological polar surface area (TPSA) is 75.7 Å². The highest BCUT2D eigenvalue weighted by atomic mass is 32.2. The minimum Gasteiger partial charge on any atom is -0.469 e. The van der Waals surface area contributed by atoms with Crippen molar-refractivity contribution in [1.82, 2.24) is 4.31 Å². The average molecular weight is 326 g/mol. The minimum absolute atomic E-state index is 0.234. The summed E-state index contributed by atoms with van der Waals surface area (Å²) in [4.78, 5) is 10.9. The lowest BCUT2D eigenvalue weighted by Gasteiger charge is -2.18. The minimum atomic E-state index is -4.30. The van der Waals surface area contributed by atoms with Gasteiger partial charge in [0.15, 0.2) is 11.6 Å². The molecule has 1 rings (SSSR count). The van der Waals surface area contributed by atoms with Gasteiger partial charge >= 0.3 is 16.2 Å². The van der Waals surface area contributed by atoms with Gasteiger partial charge in [-0.3, -0.25) is 9.52 Å². The van der Waals surface area contributed by atoms with Crippen molar-refractivity contribution in [2.75, 3.05) is 25.4 Å². The number of carbonyl (C=O) groups excluding carboxylic acids is 1. The van der Waals surface area contributed by atoms with E-state index in [9.17, 15) is 26.4 Å². The number of rotatable bonds is 6. The zero-order valence-electron chi connectivity index (χ0n) is 11.2. The van der Waals surface area contributed by atoms with E-state index in [0.717, 1.165) is 14.2 Å². The Morgan fingerprint density at radius 3 is 2.29 bits per heavy atom. The number of ether oxygens (including phenoxy) is 1. The van der Waals surface area contributed by atoms with E-state index >= 15 is 0 Å². The number of nitrogens with zero attached hydrogens (tertiary/aromatic N) is 1. The zero-order chi connectivity index (χ0) is 16.2. The van der Waals surface area contributed by atoms with Crippen LogP contribution < -0.4 is 4.72 Å². The summed E-state index contributed by atoms with van der Waals surface area (Å²) >= 11 is 0. The Morgan fingerprint density at radius 1 is 1.29 bits per heavy atom. The maximum Gasteiger partial charge on any atom is 0.306 e. The van der Waals surface area contributed by atoms with E-state index < -0.39 is 39.3 Å². The summed E-state index contributed by atoms with van der Waals surface area (Å²) < 4.78 is 69.8. The van der Waals surface area contributed by atoms with Crippen molar-refractivity contribution in [2.24, 2.45) is 0 Å². The van der Waals surface area contributed by atoms with Crippen LogP contribution in [0.3, 0.4) is 0 Å². The summed E-state index contributed by atoms with van der Waals surface area (Å²) in [6.45, 7) is -0.258. The fraction of sp³-hybridized carbons (Fsp3) is 0.364. The molecule has 1 aromatic rings. The van der Waals surface area contributed by atoms with Crippen LogP contribution in [0.2, 0.25) is 0 Å². The molecule has 0 aliphatic carbocycles. The van der Waals surface area contributed by atoms with Gasteiger partial charge in [0, 0.05) is 25.7 Å². The molecule has 10 heteroatoms. The molecule has 0 saturated carbocycles. The number of anilines is 1. The van der Waals surface area contributed by atoms with Gasteiger partial charge in [-0.25, -0.2) is 13.2 Å². The molecule has 1 aromatic carbocycles. The molecular formula is C11H13F3N2O4S. The van der Waals surface area contributed by atoms with E-state index in [1.165, 1.54) is 0 Å². The molecule has 6 nitrogen and oxygen atoms in total. The number of nitrogens with one attached hydrogen (secondary N) is 1. The summed E-state index contributed by atoms with van der Waals surface area (Å²) in [6.07, 6.45) is -0.234. The van der Waals surface area contributed by atoms with E-state index in [1.807, 2.05) is 0 Å². The molecule has 0 spiro atoms. The number of methoxy groups -OCH3 is 1. The number of halogens is 3. The van der Waals surface area contributed by atoms with Gasteiger partial charge in [0.1, 0.15) is 11.5 Å². The molecule has 0 radical (unpaired) electrons. The fourth-order valence-corrected chi connectivity index (χ4v) is 2.26. The monoisotopic (exact) mass is 326 g/mol. The van der Waals surface area contributed by atoms with Crippen LogP contribution in [-0.4, -0.2) is 39.4 Å². The van der Waals surface area contributed by atoms with E-state index in [-0.39, 0.29) is 13.0 Å². The number of carbonyl (C=O) groups is 1. The van der Waals surface area contributed by atoms with Crippen LogP contribution in [0.5, 0.6) is 0 Å². The van der Waals surface area contributed by atoms with Gasteiger partial charge < -0.3 is 4.74 Å². The highest BCUT2D eigenvalue weighted by Crippen LogP contribution is 2.21. The van der Waals surface area contributed by atoms with Crippen molar-refractivity contribution < 1.29 is 31.1 Å². The third-order valence-corrected chi connectivity index (χ3v) is 3.97. The van der Waals surface area contributed by atoms with Gasteiger partial charge in [-0.05, 0) is 0 Å². The standard InChI is InChI=1S/C11H13F3N2O4S/c1-16(4-3-10(17)20-2)21(18,19)15-11-8(13)5-7(12)6-9(11)14/h5-6,15H,3-4H2,1-2H3. The third-order valence-electron chi connectivity index (χ3n) is 2.51. The third kappa shape index (κ3) is 4.60. The maximum absolute atomic E-state index is 13.4. The highest BCUT2D eigenvalue weighted by Gasteiger charge is 2.22. The zero-order valence-corrected chi connectivity index (χ0v) is 12.0. The molecule has 0 unspecified atom stereocenters. The molecule has 0 atom stereocenters. The second-order valence-electron chi connectivity index (χ2n) is 4.00.